The van der Waals surface area contributed by atoms with Crippen LogP contribution in [-0.4, -0.2) is 47.9 Å². The smallest absolute Gasteiger partial charge is 0.163 e. The first-order chi connectivity index (χ1) is 38.5. The van der Waals surface area contributed by atoms with Gasteiger partial charge in [-0.05, 0) is 129 Å². The Morgan fingerprint density at radius 3 is 1.57 bits per heavy atom. The molecule has 0 saturated heterocycles. The van der Waals surface area contributed by atoms with E-state index in [1.54, 1.807) is 0 Å². The first-order valence-electron chi connectivity index (χ1n) is 30.2. The van der Waals surface area contributed by atoms with Crippen LogP contribution in [0.25, 0.3) is 0 Å². The van der Waals surface area contributed by atoms with Gasteiger partial charge in [0, 0.05) is 104 Å². The number of carbonyl (C=O) groups excluding carboxylic acids is 3. The van der Waals surface area contributed by atoms with Gasteiger partial charge in [-0.1, -0.05) is 136 Å². The molecule has 4 aliphatic carbocycles. The third kappa shape index (κ3) is 7.87. The molecule has 7 aliphatic rings. The van der Waals surface area contributed by atoms with Gasteiger partial charge in [-0.15, -0.1) is 0 Å². The summed E-state index contributed by atoms with van der Waals surface area (Å²) in [6.45, 7) is 26.6. The van der Waals surface area contributed by atoms with Gasteiger partial charge in [0.1, 0.15) is 0 Å². The highest BCUT2D eigenvalue weighted by Gasteiger charge is 2.56. The highest BCUT2D eigenvalue weighted by molar-refractivity contribution is 6.06. The first-order valence-corrected chi connectivity index (χ1v) is 30.2. The average molecular weight is 1080 g/mol. The average Bonchev–Trinajstić information content (AvgIpc) is 2.85. The van der Waals surface area contributed by atoms with Crippen molar-refractivity contribution >= 4 is 46.2 Å². The van der Waals surface area contributed by atoms with Crippen molar-refractivity contribution in [1.29, 1.82) is 0 Å². The second-order valence-electron chi connectivity index (χ2n) is 28.1. The van der Waals surface area contributed by atoms with Crippen LogP contribution in [0.3, 0.4) is 0 Å². The molecular weight excluding hydrogens is 1000 g/mol. The van der Waals surface area contributed by atoms with Gasteiger partial charge in [0.25, 0.3) is 0 Å². The Balaban J connectivity index is 0.969. The molecule has 81 heavy (non-hydrogen) atoms. The van der Waals surface area contributed by atoms with Crippen molar-refractivity contribution in [3.8, 4) is 0 Å². The maximum atomic E-state index is 15.5. The molecule has 6 aromatic rings. The minimum Gasteiger partial charge on any atom is -0.342 e. The van der Waals surface area contributed by atoms with Crippen molar-refractivity contribution < 1.29 is 14.4 Å². The van der Waals surface area contributed by atoms with Crippen LogP contribution in [0.15, 0.2) is 113 Å². The number of hydrogen-bond donors (Lipinski definition) is 4. The van der Waals surface area contributed by atoms with Crippen molar-refractivity contribution in [2.24, 2.45) is 16.2 Å². The lowest BCUT2D eigenvalue weighted by Crippen LogP contribution is -2.45. The fraction of sp³-hybridized carbons (Fsp3) is 0.478. The van der Waals surface area contributed by atoms with Gasteiger partial charge in [0.15, 0.2) is 34.8 Å². The summed E-state index contributed by atoms with van der Waals surface area (Å²) in [6.07, 6.45) is 10.7. The van der Waals surface area contributed by atoms with Crippen LogP contribution in [0.4, 0.5) is 28.8 Å². The van der Waals surface area contributed by atoms with Gasteiger partial charge in [0.05, 0.1) is 16.2 Å². The van der Waals surface area contributed by atoms with E-state index in [1.807, 2.05) is 0 Å². The van der Waals surface area contributed by atoms with Gasteiger partial charge in [0.2, 0.25) is 0 Å². The normalized spacial score (nSPS) is 26.0. The predicted molar refractivity (Wildman–Crippen MR) is 321 cm³/mol. The number of nitrogens with one attached hydrogen (secondary N) is 4. The molecule has 12 heteroatoms. The zero-order valence-corrected chi connectivity index (χ0v) is 49.8. The van der Waals surface area contributed by atoms with Crippen LogP contribution in [-0.2, 0) is 37.0 Å². The molecular formula is C69H81N9O3. The van der Waals surface area contributed by atoms with E-state index in [9.17, 15) is 4.79 Å². The third-order valence-corrected chi connectivity index (χ3v) is 20.3. The van der Waals surface area contributed by atoms with Crippen LogP contribution < -0.4 is 15.1 Å². The monoisotopic (exact) mass is 1080 g/mol. The molecule has 3 aliphatic heterocycles. The predicted octanol–water partition coefficient (Wildman–Crippen LogP) is 15.6. The minimum absolute atomic E-state index is 0.111. The van der Waals surface area contributed by atoms with Crippen molar-refractivity contribution in [3.63, 3.8) is 0 Å². The van der Waals surface area contributed by atoms with E-state index in [2.05, 4.69) is 192 Å². The summed E-state index contributed by atoms with van der Waals surface area (Å²) in [4.78, 5) is 49.8. The number of aromatic nitrogens is 6. The Morgan fingerprint density at radius 1 is 0.543 bits per heavy atom. The molecule has 4 atom stereocenters. The van der Waals surface area contributed by atoms with Gasteiger partial charge in [-0.25, -0.2) is 0 Å². The number of carbonyl (C=O) groups is 3. The van der Waals surface area contributed by atoms with E-state index in [-0.39, 0.29) is 39.5 Å². The molecule has 0 bridgehead atoms. The molecule has 12 nitrogen and oxygen atoms in total. The number of aryl methyl sites for hydroxylation is 1. The number of benzene rings is 3. The molecule has 1 saturated carbocycles. The molecule has 3 aromatic carbocycles. The van der Waals surface area contributed by atoms with E-state index in [0.717, 1.165) is 152 Å². The van der Waals surface area contributed by atoms with E-state index < -0.39 is 16.2 Å². The summed E-state index contributed by atoms with van der Waals surface area (Å²) < 4.78 is 0. The number of Topliss-reactive ketones (excluding diaryl/α,β-unsaturated/α-hetero) is 3. The maximum Gasteiger partial charge on any atom is 0.163 e. The quantitative estimate of drug-likeness (QED) is 0.105. The van der Waals surface area contributed by atoms with Gasteiger partial charge in [-0.3, -0.25) is 39.5 Å². The zero-order chi connectivity index (χ0) is 56.9. The lowest BCUT2D eigenvalue weighted by molar-refractivity contribution is -0.119. The fourth-order valence-corrected chi connectivity index (χ4v) is 16.5. The zero-order valence-electron chi connectivity index (χ0n) is 49.8. The summed E-state index contributed by atoms with van der Waals surface area (Å²) in [5.74, 6) is 3.41. The second kappa shape index (κ2) is 18.5. The molecule has 0 radical (unpaired) electrons. The van der Waals surface area contributed by atoms with Crippen molar-refractivity contribution in [2.75, 3.05) is 15.1 Å². The van der Waals surface area contributed by atoms with Crippen molar-refractivity contribution in [3.05, 3.63) is 163 Å². The molecule has 420 valence electrons. The van der Waals surface area contributed by atoms with E-state index in [1.165, 1.54) is 12.8 Å². The van der Waals surface area contributed by atoms with Crippen molar-refractivity contribution in [1.82, 2.24) is 30.6 Å². The number of fused-ring (bicyclic) bond motifs is 3. The highest BCUT2D eigenvalue weighted by atomic mass is 16.1. The Labute approximate surface area is 478 Å². The number of ketones is 3. The largest absolute Gasteiger partial charge is 0.342 e. The Kier molecular flexibility index (Phi) is 12.1. The number of hydrogen-bond acceptors (Lipinski definition) is 9. The second-order valence-corrected chi connectivity index (χ2v) is 28.1. The molecule has 6 heterocycles. The fourth-order valence-electron chi connectivity index (χ4n) is 16.5. The number of nitrogens with zero attached hydrogens (tertiary/aromatic N) is 5. The molecule has 1 fully saturated rings. The third-order valence-electron chi connectivity index (χ3n) is 20.3. The summed E-state index contributed by atoms with van der Waals surface area (Å²) in [5.41, 5.74) is 13.7. The van der Waals surface area contributed by atoms with Crippen LogP contribution in [0.2, 0.25) is 0 Å². The van der Waals surface area contributed by atoms with Crippen LogP contribution >= 0.6 is 0 Å². The molecule has 0 amide bonds. The van der Waals surface area contributed by atoms with Crippen LogP contribution in [0.1, 0.15) is 222 Å². The molecule has 0 spiro atoms. The van der Waals surface area contributed by atoms with E-state index >= 15 is 9.59 Å². The van der Waals surface area contributed by atoms with Gasteiger partial charge < -0.3 is 5.32 Å². The minimum atomic E-state index is -0.888. The summed E-state index contributed by atoms with van der Waals surface area (Å²) in [7, 11) is 0. The van der Waals surface area contributed by atoms with Crippen LogP contribution in [0, 0.1) is 16.2 Å². The van der Waals surface area contributed by atoms with E-state index in [0.29, 0.717) is 38.0 Å². The first kappa shape index (κ1) is 53.2. The number of anilines is 5. The maximum absolute atomic E-state index is 15.5. The highest BCUT2D eigenvalue weighted by Crippen LogP contribution is 2.62. The number of rotatable bonds is 10. The van der Waals surface area contributed by atoms with Gasteiger partial charge >= 0.3 is 0 Å². The molecule has 13 rings (SSSR count). The molecule has 3 aromatic heterocycles. The SMILES string of the molecule is CCCc1[nH]nc2c1C(C)(c1ccc(N3C4=C(C(=O)CC(C)(C)C4)C(C)(c4ccc(N5C6=C(C(=O)CC(C)(C)C6)C(C)(c6ccccc6)c6c5n[nH]c6C5CCCC5)cc4)c4c3n[nH]c4C(C)CC)cc1)C1=C(CC(C)(C)CC1=O)N2. The van der Waals surface area contributed by atoms with Gasteiger partial charge in [-0.2, -0.15) is 15.3 Å². The van der Waals surface area contributed by atoms with Crippen LogP contribution in [0.5, 0.6) is 0 Å². The number of H-pyrrole nitrogens is 3. The summed E-state index contributed by atoms with van der Waals surface area (Å²) >= 11 is 0. The standard InChI is InChI=1S/C69H81N9O3/c1-13-20-46-54-61(74-71-46)70-47-33-64(4,5)36-50(79)53(47)67(54,10)42-25-29-44(30-26-42)77-49-35-66(8,9)38-52(81)56(49)69(12,57-59(39(3)14-2)72-75-62(57)77)43-27-31-45(32-28-43)78-48-34-65(6,7)37-51(80)55(48)68(11,41-23-16-15-17-24-41)58-60(73-76-63(58)78)40-21-18-19-22-40/h15-17,23-32,39-40H,13-14,18-22,33-38H2,1-12H3,(H,72,75)(H,73,76)(H2,70,71,74). The number of aromatic amines is 3. The Morgan fingerprint density at radius 2 is 1.02 bits per heavy atom. The lowest BCUT2D eigenvalue weighted by Gasteiger charge is -2.48. The Hall–Kier alpha value is -7.08. The summed E-state index contributed by atoms with van der Waals surface area (Å²) in [5, 5.41) is 29.7. The lowest BCUT2D eigenvalue weighted by atomic mass is 9.60. The van der Waals surface area contributed by atoms with Crippen molar-refractivity contribution in [2.45, 2.75) is 195 Å². The summed E-state index contributed by atoms with van der Waals surface area (Å²) in [6, 6.07) is 28.3. The molecule has 4 unspecified atom stereocenters. The number of allylic oxidation sites excluding steroid dienone is 6. The van der Waals surface area contributed by atoms with E-state index in [4.69, 9.17) is 15.3 Å². The Bertz CT molecular complexity index is 3690. The molecule has 4 N–H and O–H groups in total. The topological polar surface area (TPSA) is 156 Å².